The molecule has 6 heteroatoms. The van der Waals surface area contributed by atoms with Gasteiger partial charge >= 0.3 is 0 Å². The fraction of sp³-hybridized carbons (Fsp3) is 0.267. The normalized spacial score (nSPS) is 12.5. The highest BCUT2D eigenvalue weighted by atomic mass is 16.5. The van der Waals surface area contributed by atoms with Crippen LogP contribution < -0.4 is 5.73 Å². The van der Waals surface area contributed by atoms with Gasteiger partial charge in [0.1, 0.15) is 0 Å². The van der Waals surface area contributed by atoms with Gasteiger partial charge in [0, 0.05) is 24.7 Å². The second kappa shape index (κ2) is 5.88. The molecule has 0 saturated carbocycles. The van der Waals surface area contributed by atoms with Gasteiger partial charge in [0.15, 0.2) is 5.82 Å². The fourth-order valence-corrected chi connectivity index (χ4v) is 2.19. The number of aryl methyl sites for hydroxylation is 1. The van der Waals surface area contributed by atoms with Crippen molar-refractivity contribution >= 4 is 0 Å². The molecule has 3 rings (SSSR count). The molecule has 1 aromatic carbocycles. The molecular formula is C15H17N5O. The summed E-state index contributed by atoms with van der Waals surface area (Å²) in [5.41, 5.74) is 9.42. The molecule has 0 bridgehead atoms. The van der Waals surface area contributed by atoms with Crippen LogP contribution in [0.15, 0.2) is 41.3 Å². The van der Waals surface area contributed by atoms with Gasteiger partial charge in [-0.15, -0.1) is 0 Å². The van der Waals surface area contributed by atoms with E-state index >= 15 is 0 Å². The van der Waals surface area contributed by atoms with Crippen LogP contribution in [-0.4, -0.2) is 20.1 Å². The molecule has 0 fully saturated rings. The number of nitrogens with one attached hydrogen (secondary N) is 1. The number of hydrogen-bond donors (Lipinski definition) is 2. The Kier molecular flexibility index (Phi) is 3.79. The average Bonchev–Trinajstić information content (AvgIpc) is 3.13. The molecule has 21 heavy (non-hydrogen) atoms. The van der Waals surface area contributed by atoms with Crippen LogP contribution in [0.4, 0.5) is 0 Å². The maximum absolute atomic E-state index is 6.08. The molecule has 0 radical (unpaired) electrons. The Hall–Kier alpha value is -2.47. The first-order chi connectivity index (χ1) is 10.2. The Morgan fingerprint density at radius 1 is 1.33 bits per heavy atom. The smallest absolute Gasteiger partial charge is 0.243 e. The van der Waals surface area contributed by atoms with Crippen molar-refractivity contribution in [2.24, 2.45) is 5.73 Å². The van der Waals surface area contributed by atoms with Crippen LogP contribution in [0, 0.1) is 6.92 Å². The molecule has 6 nitrogen and oxygen atoms in total. The summed E-state index contributed by atoms with van der Waals surface area (Å²) in [4.78, 5) is 11.4. The van der Waals surface area contributed by atoms with E-state index in [1.807, 2.05) is 12.1 Å². The predicted octanol–water partition coefficient (Wildman–Crippen LogP) is 1.93. The summed E-state index contributed by atoms with van der Waals surface area (Å²) in [6.07, 6.45) is 4.60. The Balaban J connectivity index is 1.70. The highest BCUT2D eigenvalue weighted by Crippen LogP contribution is 2.15. The highest BCUT2D eigenvalue weighted by molar-refractivity contribution is 5.28. The third-order valence-corrected chi connectivity index (χ3v) is 3.41. The van der Waals surface area contributed by atoms with E-state index in [9.17, 15) is 0 Å². The molecule has 2 aromatic heterocycles. The zero-order valence-corrected chi connectivity index (χ0v) is 11.8. The largest absolute Gasteiger partial charge is 0.348 e. The maximum atomic E-state index is 6.08. The fourth-order valence-electron chi connectivity index (χ4n) is 2.19. The summed E-state index contributed by atoms with van der Waals surface area (Å²) >= 11 is 0. The lowest BCUT2D eigenvalue weighted by molar-refractivity contribution is 0.350. The third kappa shape index (κ3) is 3.17. The van der Waals surface area contributed by atoms with E-state index in [0.29, 0.717) is 24.6 Å². The number of hydrogen-bond acceptors (Lipinski definition) is 5. The van der Waals surface area contributed by atoms with Gasteiger partial charge in [-0.05, 0) is 18.1 Å². The lowest BCUT2D eigenvalue weighted by Crippen LogP contribution is -2.14. The van der Waals surface area contributed by atoms with Gasteiger partial charge in [-0.3, -0.25) is 0 Å². The number of imidazole rings is 1. The molecule has 1 atom stereocenters. The van der Waals surface area contributed by atoms with E-state index in [4.69, 9.17) is 10.3 Å². The van der Waals surface area contributed by atoms with Crippen molar-refractivity contribution < 1.29 is 4.52 Å². The molecule has 3 aromatic rings. The van der Waals surface area contributed by atoms with Gasteiger partial charge in [0.25, 0.3) is 0 Å². The van der Waals surface area contributed by atoms with Gasteiger partial charge < -0.3 is 15.2 Å². The Labute approximate surface area is 122 Å². The monoisotopic (exact) mass is 283 g/mol. The molecule has 0 amide bonds. The Bertz CT molecular complexity index is 704. The number of nitrogens with zero attached hydrogens (tertiary/aromatic N) is 3. The quantitative estimate of drug-likeness (QED) is 0.746. The van der Waals surface area contributed by atoms with Crippen LogP contribution in [-0.2, 0) is 12.8 Å². The topological polar surface area (TPSA) is 93.6 Å². The number of aromatic nitrogens is 4. The first-order valence-corrected chi connectivity index (χ1v) is 6.82. The predicted molar refractivity (Wildman–Crippen MR) is 77.5 cm³/mol. The van der Waals surface area contributed by atoms with Crippen LogP contribution in [0.5, 0.6) is 0 Å². The molecule has 0 aliphatic heterocycles. The minimum absolute atomic E-state index is 0.330. The first-order valence-electron chi connectivity index (χ1n) is 6.82. The zero-order valence-electron chi connectivity index (χ0n) is 11.8. The molecule has 2 heterocycles. The molecule has 108 valence electrons. The van der Waals surface area contributed by atoms with Crippen molar-refractivity contribution in [2.45, 2.75) is 25.8 Å². The van der Waals surface area contributed by atoms with E-state index in [1.54, 1.807) is 12.5 Å². The van der Waals surface area contributed by atoms with Crippen LogP contribution in [0.1, 0.15) is 34.6 Å². The van der Waals surface area contributed by atoms with E-state index in [1.165, 1.54) is 11.1 Å². The van der Waals surface area contributed by atoms with E-state index < -0.39 is 0 Å². The second-order valence-corrected chi connectivity index (χ2v) is 5.04. The van der Waals surface area contributed by atoms with E-state index in [0.717, 1.165) is 5.69 Å². The van der Waals surface area contributed by atoms with Crippen LogP contribution in [0.25, 0.3) is 0 Å². The van der Waals surface area contributed by atoms with E-state index in [2.05, 4.69) is 39.2 Å². The average molecular weight is 283 g/mol. The molecule has 3 N–H and O–H groups in total. The lowest BCUT2D eigenvalue weighted by Gasteiger charge is -2.03. The van der Waals surface area contributed by atoms with Gasteiger partial charge in [-0.2, -0.15) is 4.98 Å². The highest BCUT2D eigenvalue weighted by Gasteiger charge is 2.16. The SMILES string of the molecule is Cc1ccccc1Cc1noc([C@H](N)Cc2cnc[nH]2)n1. The van der Waals surface area contributed by atoms with Crippen molar-refractivity contribution in [1.29, 1.82) is 0 Å². The number of benzene rings is 1. The van der Waals surface area contributed by atoms with Gasteiger partial charge in [0.05, 0.1) is 12.4 Å². The third-order valence-electron chi connectivity index (χ3n) is 3.41. The Morgan fingerprint density at radius 2 is 2.19 bits per heavy atom. The summed E-state index contributed by atoms with van der Waals surface area (Å²) in [5, 5.41) is 4.01. The minimum atomic E-state index is -0.330. The summed E-state index contributed by atoms with van der Waals surface area (Å²) in [6, 6.07) is 7.83. The standard InChI is InChI=1S/C15H17N5O/c1-10-4-2-3-5-11(10)6-14-19-15(21-20-14)13(16)7-12-8-17-9-18-12/h2-5,8-9,13H,6-7,16H2,1H3,(H,17,18)/t13-/m1/s1. The second-order valence-electron chi connectivity index (χ2n) is 5.04. The van der Waals surface area contributed by atoms with E-state index in [-0.39, 0.29) is 6.04 Å². The lowest BCUT2D eigenvalue weighted by atomic mass is 10.1. The minimum Gasteiger partial charge on any atom is -0.348 e. The molecule has 0 aliphatic carbocycles. The summed E-state index contributed by atoms with van der Waals surface area (Å²) in [6.45, 7) is 2.07. The van der Waals surface area contributed by atoms with Crippen molar-refractivity contribution in [3.63, 3.8) is 0 Å². The van der Waals surface area contributed by atoms with Gasteiger partial charge in [0.2, 0.25) is 5.89 Å². The molecule has 0 aliphatic rings. The van der Waals surface area contributed by atoms with Gasteiger partial charge in [-0.25, -0.2) is 4.98 Å². The van der Waals surface area contributed by atoms with Gasteiger partial charge in [-0.1, -0.05) is 29.4 Å². The summed E-state index contributed by atoms with van der Waals surface area (Å²) < 4.78 is 5.27. The summed E-state index contributed by atoms with van der Waals surface area (Å²) in [7, 11) is 0. The number of aromatic amines is 1. The van der Waals surface area contributed by atoms with Crippen molar-refractivity contribution in [3.8, 4) is 0 Å². The summed E-state index contributed by atoms with van der Waals surface area (Å²) in [5.74, 6) is 1.10. The number of nitrogens with two attached hydrogens (primary N) is 1. The van der Waals surface area contributed by atoms with Crippen molar-refractivity contribution in [2.75, 3.05) is 0 Å². The van der Waals surface area contributed by atoms with Crippen molar-refractivity contribution in [1.82, 2.24) is 20.1 Å². The zero-order chi connectivity index (χ0) is 14.7. The molecular weight excluding hydrogens is 266 g/mol. The molecule has 0 spiro atoms. The maximum Gasteiger partial charge on any atom is 0.243 e. The number of H-pyrrole nitrogens is 1. The molecule has 0 unspecified atom stereocenters. The van der Waals surface area contributed by atoms with Crippen LogP contribution in [0.3, 0.4) is 0 Å². The van der Waals surface area contributed by atoms with Crippen molar-refractivity contribution in [3.05, 3.63) is 65.3 Å². The van der Waals surface area contributed by atoms with Crippen LogP contribution >= 0.6 is 0 Å². The molecule has 0 saturated heterocycles. The Morgan fingerprint density at radius 3 is 2.95 bits per heavy atom. The first kappa shape index (κ1) is 13.5. The van der Waals surface area contributed by atoms with Crippen LogP contribution in [0.2, 0.25) is 0 Å². The number of rotatable bonds is 5.